The van der Waals surface area contributed by atoms with Gasteiger partial charge in [-0.1, -0.05) is 130 Å². The second-order valence-corrected chi connectivity index (χ2v) is 13.7. The first-order valence-corrected chi connectivity index (χ1v) is 18.2. The molecule has 0 radical (unpaired) electrons. The summed E-state index contributed by atoms with van der Waals surface area (Å²) < 4.78 is 0.583. The van der Waals surface area contributed by atoms with Crippen LogP contribution in [0.4, 0.5) is 0 Å². The molecule has 3 N–H and O–H groups in total. The van der Waals surface area contributed by atoms with Gasteiger partial charge in [-0.2, -0.15) is 0 Å². The molecule has 0 bridgehead atoms. The number of rotatable bonds is 32. The highest BCUT2D eigenvalue weighted by Crippen LogP contribution is 2.21. The number of quaternary nitrogens is 1. The van der Waals surface area contributed by atoms with E-state index in [9.17, 15) is 29.7 Å². The first-order chi connectivity index (χ1) is 21.0. The van der Waals surface area contributed by atoms with Crippen LogP contribution in [0.25, 0.3) is 0 Å². The summed E-state index contributed by atoms with van der Waals surface area (Å²) in [5.74, 6) is -3.96. The van der Waals surface area contributed by atoms with Crippen molar-refractivity contribution in [3.05, 3.63) is 12.2 Å². The smallest absolute Gasteiger partial charge is 0.306 e. The number of carboxylic acid groups (broad SMARTS) is 3. The molecule has 0 aliphatic heterocycles. The maximum absolute atomic E-state index is 11.5. The Morgan fingerprint density at radius 2 is 0.773 bits per heavy atom. The zero-order valence-electron chi connectivity index (χ0n) is 29.1. The quantitative estimate of drug-likeness (QED) is 0.0390. The lowest BCUT2D eigenvalue weighted by atomic mass is 10.0. The molecule has 0 aromatic rings. The van der Waals surface area contributed by atoms with E-state index in [0.29, 0.717) is 43.4 Å². The van der Waals surface area contributed by atoms with Crippen LogP contribution in [0.1, 0.15) is 163 Å². The first-order valence-electron chi connectivity index (χ1n) is 18.2. The summed E-state index contributed by atoms with van der Waals surface area (Å²) in [5.41, 5.74) is 0. The Morgan fingerprint density at radius 1 is 0.477 bits per heavy atom. The highest BCUT2D eigenvalue weighted by molar-refractivity contribution is 5.70. The van der Waals surface area contributed by atoms with E-state index in [4.69, 9.17) is 0 Å². The molecule has 44 heavy (non-hydrogen) atoms. The van der Waals surface area contributed by atoms with Crippen LogP contribution in [0.15, 0.2) is 12.2 Å². The standard InChI is InChI=1S/C37H69NO6/c1-5-6-7-8-9-10-11-12-13-14-15-16-17-18-19-20-21-22-23-24-28-38(29-25-32(2)35(39)40,30-26-33(3)36(41)42)31-27-34(4)37(43)44/h21-22,32-34H,5-20,23-31H2,1-4H3,(H2-,39,40,41,42,43,44)/p+1/b22-21+. The van der Waals surface area contributed by atoms with Crippen LogP contribution >= 0.6 is 0 Å². The zero-order valence-corrected chi connectivity index (χ0v) is 29.1. The molecule has 0 aromatic carbocycles. The van der Waals surface area contributed by atoms with Crippen molar-refractivity contribution in [2.45, 2.75) is 163 Å². The second kappa shape index (κ2) is 27.4. The predicted molar refractivity (Wildman–Crippen MR) is 182 cm³/mol. The van der Waals surface area contributed by atoms with Gasteiger partial charge in [0.1, 0.15) is 0 Å². The van der Waals surface area contributed by atoms with E-state index in [-0.39, 0.29) is 0 Å². The van der Waals surface area contributed by atoms with Crippen molar-refractivity contribution < 1.29 is 34.2 Å². The largest absolute Gasteiger partial charge is 0.481 e. The maximum Gasteiger partial charge on any atom is 0.306 e. The Labute approximate surface area is 270 Å². The molecule has 0 rings (SSSR count). The Hall–Kier alpha value is -1.89. The third-order valence-corrected chi connectivity index (χ3v) is 9.52. The van der Waals surface area contributed by atoms with Gasteiger partial charge in [-0.3, -0.25) is 14.4 Å². The Bertz CT molecular complexity index is 707. The maximum atomic E-state index is 11.5. The molecule has 0 saturated carbocycles. The van der Waals surface area contributed by atoms with Crippen LogP contribution in [0.3, 0.4) is 0 Å². The van der Waals surface area contributed by atoms with Gasteiger partial charge in [0, 0.05) is 25.7 Å². The summed E-state index contributed by atoms with van der Waals surface area (Å²) in [6.45, 7) is 10.1. The van der Waals surface area contributed by atoms with Crippen LogP contribution in [0, 0.1) is 17.8 Å². The van der Waals surface area contributed by atoms with Gasteiger partial charge in [-0.15, -0.1) is 0 Å². The molecule has 0 amide bonds. The molecule has 3 unspecified atom stereocenters. The number of nitrogens with zero attached hydrogens (tertiary/aromatic N) is 1. The summed E-state index contributed by atoms with van der Waals surface area (Å²) in [6.07, 6.45) is 29.5. The minimum Gasteiger partial charge on any atom is -0.481 e. The first kappa shape index (κ1) is 42.1. The fraction of sp³-hybridized carbons (Fsp3) is 0.865. The van der Waals surface area contributed by atoms with E-state index in [1.54, 1.807) is 20.8 Å². The number of hydrogen-bond acceptors (Lipinski definition) is 3. The summed E-state index contributed by atoms with van der Waals surface area (Å²) in [5, 5.41) is 28.3. The number of hydrogen-bond donors (Lipinski definition) is 3. The van der Waals surface area contributed by atoms with E-state index < -0.39 is 35.7 Å². The van der Waals surface area contributed by atoms with E-state index in [1.807, 2.05) is 0 Å². The minimum absolute atomic E-state index is 0.490. The lowest BCUT2D eigenvalue weighted by Gasteiger charge is -2.40. The van der Waals surface area contributed by atoms with Gasteiger partial charge < -0.3 is 19.8 Å². The number of aliphatic carboxylic acids is 3. The average molecular weight is 625 g/mol. The van der Waals surface area contributed by atoms with Crippen molar-refractivity contribution in [3.63, 3.8) is 0 Å². The van der Waals surface area contributed by atoms with Crippen LogP contribution < -0.4 is 0 Å². The van der Waals surface area contributed by atoms with E-state index in [1.165, 1.54) is 96.3 Å². The van der Waals surface area contributed by atoms with E-state index >= 15 is 0 Å². The third-order valence-electron chi connectivity index (χ3n) is 9.52. The normalized spacial score (nSPS) is 15.2. The van der Waals surface area contributed by atoms with Crippen molar-refractivity contribution in [2.75, 3.05) is 26.2 Å². The highest BCUT2D eigenvalue weighted by atomic mass is 16.4. The lowest BCUT2D eigenvalue weighted by Crippen LogP contribution is -2.52. The molecule has 0 fully saturated rings. The van der Waals surface area contributed by atoms with Crippen LogP contribution in [-0.2, 0) is 14.4 Å². The topological polar surface area (TPSA) is 112 Å². The molecule has 3 atom stereocenters. The van der Waals surface area contributed by atoms with Crippen molar-refractivity contribution in [2.24, 2.45) is 17.8 Å². The molecule has 0 spiro atoms. The molecule has 258 valence electrons. The van der Waals surface area contributed by atoms with Gasteiger partial charge in [0.05, 0.1) is 43.9 Å². The van der Waals surface area contributed by atoms with Gasteiger partial charge in [0.25, 0.3) is 0 Å². The average Bonchev–Trinajstić information content (AvgIpc) is 2.99. The molecule has 7 nitrogen and oxygen atoms in total. The van der Waals surface area contributed by atoms with E-state index in [0.717, 1.165) is 25.8 Å². The zero-order chi connectivity index (χ0) is 33.1. The highest BCUT2D eigenvalue weighted by Gasteiger charge is 2.31. The number of unbranched alkanes of at least 4 members (excludes halogenated alkanes) is 16. The van der Waals surface area contributed by atoms with Crippen molar-refractivity contribution in [1.82, 2.24) is 0 Å². The molecule has 0 heterocycles. The van der Waals surface area contributed by atoms with E-state index in [2.05, 4.69) is 19.1 Å². The second-order valence-electron chi connectivity index (χ2n) is 13.7. The Balaban J connectivity index is 4.45. The molecule has 0 aliphatic carbocycles. The van der Waals surface area contributed by atoms with Gasteiger partial charge in [0.15, 0.2) is 0 Å². The molecule has 7 heteroatoms. The molecule has 0 aliphatic rings. The number of allylic oxidation sites excluding steroid dienone is 2. The third kappa shape index (κ3) is 23.5. The SMILES string of the molecule is CCCCCCCCCCCCCCCCC/C=C/CCC[N+](CCC(C)C(=O)O)(CCC(C)C(=O)O)CCC(C)C(=O)O. The fourth-order valence-corrected chi connectivity index (χ4v) is 5.86. The Morgan fingerprint density at radius 3 is 1.09 bits per heavy atom. The van der Waals surface area contributed by atoms with Crippen LogP contribution in [-0.4, -0.2) is 63.9 Å². The summed E-state index contributed by atoms with van der Waals surface area (Å²) >= 11 is 0. The van der Waals surface area contributed by atoms with Crippen molar-refractivity contribution >= 4 is 17.9 Å². The number of carboxylic acids is 3. The van der Waals surface area contributed by atoms with Crippen molar-refractivity contribution in [3.8, 4) is 0 Å². The molecular formula is C37H70NO6+. The molecular weight excluding hydrogens is 554 g/mol. The Kier molecular flexibility index (Phi) is 26.2. The predicted octanol–water partition coefficient (Wildman–Crippen LogP) is 9.73. The minimum atomic E-state index is -0.831. The van der Waals surface area contributed by atoms with Crippen LogP contribution in [0.5, 0.6) is 0 Å². The summed E-state index contributed by atoms with van der Waals surface area (Å²) in [6, 6.07) is 0. The lowest BCUT2D eigenvalue weighted by molar-refractivity contribution is -0.929. The molecule has 0 aromatic heterocycles. The van der Waals surface area contributed by atoms with Gasteiger partial charge in [-0.05, 0) is 19.3 Å². The van der Waals surface area contributed by atoms with Crippen molar-refractivity contribution in [1.29, 1.82) is 0 Å². The fourth-order valence-electron chi connectivity index (χ4n) is 5.86. The van der Waals surface area contributed by atoms with Crippen LogP contribution in [0.2, 0.25) is 0 Å². The summed E-state index contributed by atoms with van der Waals surface area (Å²) in [7, 11) is 0. The van der Waals surface area contributed by atoms with Gasteiger partial charge >= 0.3 is 17.9 Å². The summed E-state index contributed by atoms with van der Waals surface area (Å²) in [4.78, 5) is 34.5. The molecule has 0 saturated heterocycles. The monoisotopic (exact) mass is 625 g/mol. The van der Waals surface area contributed by atoms with Gasteiger partial charge in [0.2, 0.25) is 0 Å². The number of carbonyl (C=O) groups is 3. The van der Waals surface area contributed by atoms with Gasteiger partial charge in [-0.25, -0.2) is 0 Å².